The van der Waals surface area contributed by atoms with E-state index in [-0.39, 0.29) is 24.5 Å². The van der Waals surface area contributed by atoms with Crippen LogP contribution in [-0.4, -0.2) is 33.7 Å². The zero-order chi connectivity index (χ0) is 15.3. The summed E-state index contributed by atoms with van der Waals surface area (Å²) in [6.45, 7) is 4.91. The van der Waals surface area contributed by atoms with Crippen LogP contribution >= 0.6 is 0 Å². The number of nitrogens with one attached hydrogen (secondary N) is 1. The van der Waals surface area contributed by atoms with E-state index in [0.29, 0.717) is 6.54 Å². The van der Waals surface area contributed by atoms with Gasteiger partial charge in [-0.2, -0.15) is 0 Å². The summed E-state index contributed by atoms with van der Waals surface area (Å²) < 4.78 is 1.84. The number of amides is 1. The SMILES string of the molecule is CCC(CC)(CO)CNC(=O)Cn1cnc2ccccc21. The summed E-state index contributed by atoms with van der Waals surface area (Å²) in [7, 11) is 0. The Morgan fingerprint density at radius 3 is 2.71 bits per heavy atom. The van der Waals surface area contributed by atoms with Crippen LogP contribution in [0, 0.1) is 5.41 Å². The number of carbonyl (C=O) groups is 1. The van der Waals surface area contributed by atoms with Crippen molar-refractivity contribution in [2.24, 2.45) is 5.41 Å². The minimum atomic E-state index is -0.216. The van der Waals surface area contributed by atoms with Gasteiger partial charge in [-0.1, -0.05) is 26.0 Å². The molecule has 0 atom stereocenters. The molecule has 0 saturated heterocycles. The molecule has 1 aromatic carbocycles. The van der Waals surface area contributed by atoms with Crippen molar-refractivity contribution in [1.82, 2.24) is 14.9 Å². The molecule has 114 valence electrons. The number of rotatable bonds is 7. The quantitative estimate of drug-likeness (QED) is 0.818. The lowest BCUT2D eigenvalue weighted by Crippen LogP contribution is -2.40. The zero-order valence-corrected chi connectivity index (χ0v) is 12.7. The lowest BCUT2D eigenvalue weighted by molar-refractivity contribution is -0.122. The highest BCUT2D eigenvalue weighted by Crippen LogP contribution is 2.24. The summed E-state index contributed by atoms with van der Waals surface area (Å²) in [5, 5.41) is 12.5. The number of carbonyl (C=O) groups excluding carboxylic acids is 1. The molecule has 0 aliphatic carbocycles. The highest BCUT2D eigenvalue weighted by molar-refractivity contribution is 5.80. The van der Waals surface area contributed by atoms with Gasteiger partial charge in [0.25, 0.3) is 0 Å². The number of hydrogen-bond acceptors (Lipinski definition) is 3. The highest BCUT2D eigenvalue weighted by Gasteiger charge is 2.25. The molecule has 5 nitrogen and oxygen atoms in total. The topological polar surface area (TPSA) is 67.2 Å². The average molecular weight is 289 g/mol. The van der Waals surface area contributed by atoms with E-state index in [1.54, 1.807) is 6.33 Å². The molecule has 1 amide bonds. The van der Waals surface area contributed by atoms with Gasteiger partial charge < -0.3 is 15.0 Å². The molecule has 0 fully saturated rings. The van der Waals surface area contributed by atoms with Crippen LogP contribution in [0.25, 0.3) is 11.0 Å². The van der Waals surface area contributed by atoms with Gasteiger partial charge in [-0.15, -0.1) is 0 Å². The third-order valence-corrected chi connectivity index (χ3v) is 4.34. The number of aliphatic hydroxyl groups excluding tert-OH is 1. The van der Waals surface area contributed by atoms with Crippen molar-refractivity contribution in [3.05, 3.63) is 30.6 Å². The maximum Gasteiger partial charge on any atom is 0.240 e. The van der Waals surface area contributed by atoms with Gasteiger partial charge in [-0.3, -0.25) is 4.79 Å². The summed E-state index contributed by atoms with van der Waals surface area (Å²) in [5.74, 6) is -0.0575. The molecule has 0 bridgehead atoms. The van der Waals surface area contributed by atoms with Crippen LogP contribution in [-0.2, 0) is 11.3 Å². The van der Waals surface area contributed by atoms with Gasteiger partial charge in [-0.05, 0) is 25.0 Å². The van der Waals surface area contributed by atoms with E-state index in [9.17, 15) is 9.90 Å². The van der Waals surface area contributed by atoms with Crippen molar-refractivity contribution in [1.29, 1.82) is 0 Å². The van der Waals surface area contributed by atoms with Crippen LogP contribution in [0.5, 0.6) is 0 Å². The molecule has 0 aliphatic rings. The van der Waals surface area contributed by atoms with Crippen molar-refractivity contribution in [2.45, 2.75) is 33.2 Å². The Labute approximate surface area is 125 Å². The summed E-state index contributed by atoms with van der Waals surface area (Å²) in [5.41, 5.74) is 1.62. The molecular formula is C16H23N3O2. The average Bonchev–Trinajstić information content (AvgIpc) is 2.93. The Morgan fingerprint density at radius 2 is 2.05 bits per heavy atom. The van der Waals surface area contributed by atoms with Crippen LogP contribution in [0.15, 0.2) is 30.6 Å². The lowest BCUT2D eigenvalue weighted by Gasteiger charge is -2.29. The Kier molecular flexibility index (Phi) is 4.96. The van der Waals surface area contributed by atoms with E-state index in [0.717, 1.165) is 23.9 Å². The molecule has 0 aliphatic heterocycles. The number of fused-ring (bicyclic) bond motifs is 1. The van der Waals surface area contributed by atoms with Gasteiger partial charge in [0.05, 0.1) is 24.0 Å². The van der Waals surface area contributed by atoms with Crippen molar-refractivity contribution in [3.8, 4) is 0 Å². The normalized spacial score (nSPS) is 11.8. The third-order valence-electron chi connectivity index (χ3n) is 4.34. The van der Waals surface area contributed by atoms with Crippen LogP contribution < -0.4 is 5.32 Å². The molecule has 0 spiro atoms. The summed E-state index contributed by atoms with van der Waals surface area (Å²) in [6, 6.07) is 7.74. The molecule has 2 N–H and O–H groups in total. The number of hydrogen-bond donors (Lipinski definition) is 2. The van der Waals surface area contributed by atoms with Crippen molar-refractivity contribution >= 4 is 16.9 Å². The van der Waals surface area contributed by atoms with Crippen LogP contribution in [0.2, 0.25) is 0 Å². The summed E-state index contributed by atoms with van der Waals surface area (Å²) >= 11 is 0. The maximum atomic E-state index is 12.1. The molecule has 2 aromatic rings. The zero-order valence-electron chi connectivity index (χ0n) is 12.7. The molecule has 0 radical (unpaired) electrons. The smallest absolute Gasteiger partial charge is 0.240 e. The second kappa shape index (κ2) is 6.72. The second-order valence-corrected chi connectivity index (χ2v) is 5.50. The number of para-hydroxylation sites is 2. The molecule has 0 saturated carbocycles. The van der Waals surface area contributed by atoms with E-state index < -0.39 is 0 Å². The number of aromatic nitrogens is 2. The van der Waals surface area contributed by atoms with Gasteiger partial charge >= 0.3 is 0 Å². The molecule has 0 unspecified atom stereocenters. The maximum absolute atomic E-state index is 12.1. The fraction of sp³-hybridized carbons (Fsp3) is 0.500. The fourth-order valence-electron chi connectivity index (χ4n) is 2.41. The molecule has 5 heteroatoms. The first kappa shape index (κ1) is 15.5. The van der Waals surface area contributed by atoms with Gasteiger partial charge in [0.1, 0.15) is 6.54 Å². The van der Waals surface area contributed by atoms with Gasteiger partial charge in [-0.25, -0.2) is 4.98 Å². The lowest BCUT2D eigenvalue weighted by atomic mass is 9.83. The minimum Gasteiger partial charge on any atom is -0.396 e. The second-order valence-electron chi connectivity index (χ2n) is 5.50. The van der Waals surface area contributed by atoms with Crippen LogP contribution in [0.3, 0.4) is 0 Å². The van der Waals surface area contributed by atoms with Gasteiger partial charge in [0, 0.05) is 12.0 Å². The van der Waals surface area contributed by atoms with Crippen molar-refractivity contribution in [3.63, 3.8) is 0 Å². The standard InChI is InChI=1S/C16H23N3O2/c1-3-16(4-2,11-20)10-17-15(21)9-19-12-18-13-7-5-6-8-14(13)19/h5-8,12,20H,3-4,9-11H2,1-2H3,(H,17,21). The predicted molar refractivity (Wildman–Crippen MR) is 82.8 cm³/mol. The number of nitrogens with zero attached hydrogens (tertiary/aromatic N) is 2. The fourth-order valence-corrected chi connectivity index (χ4v) is 2.41. The number of benzene rings is 1. The highest BCUT2D eigenvalue weighted by atomic mass is 16.3. The molecule has 1 heterocycles. The van der Waals surface area contributed by atoms with Crippen LogP contribution in [0.4, 0.5) is 0 Å². The summed E-state index contributed by atoms with van der Waals surface area (Å²) in [4.78, 5) is 16.4. The van der Waals surface area contributed by atoms with E-state index in [2.05, 4.69) is 10.3 Å². The van der Waals surface area contributed by atoms with E-state index >= 15 is 0 Å². The predicted octanol–water partition coefficient (Wildman–Crippen LogP) is 1.95. The first-order chi connectivity index (χ1) is 10.1. The van der Waals surface area contributed by atoms with E-state index in [4.69, 9.17) is 0 Å². The number of aliphatic hydroxyl groups is 1. The molecular weight excluding hydrogens is 266 g/mol. The van der Waals surface area contributed by atoms with Gasteiger partial charge in [0.2, 0.25) is 5.91 Å². The molecule has 2 rings (SSSR count). The monoisotopic (exact) mass is 289 g/mol. The molecule has 1 aromatic heterocycles. The van der Waals surface area contributed by atoms with Gasteiger partial charge in [0.15, 0.2) is 0 Å². The van der Waals surface area contributed by atoms with Crippen molar-refractivity contribution < 1.29 is 9.90 Å². The van der Waals surface area contributed by atoms with E-state index in [1.165, 1.54) is 0 Å². The largest absolute Gasteiger partial charge is 0.396 e. The Morgan fingerprint density at radius 1 is 1.33 bits per heavy atom. The minimum absolute atomic E-state index is 0.0575. The first-order valence-corrected chi connectivity index (χ1v) is 7.41. The molecule has 21 heavy (non-hydrogen) atoms. The Bertz CT molecular complexity index is 594. The third kappa shape index (κ3) is 3.42. The van der Waals surface area contributed by atoms with E-state index in [1.807, 2.05) is 42.7 Å². The Balaban J connectivity index is 1.99. The van der Waals surface area contributed by atoms with Crippen molar-refractivity contribution in [2.75, 3.05) is 13.2 Å². The first-order valence-electron chi connectivity index (χ1n) is 7.41. The Hall–Kier alpha value is -1.88. The number of imidazole rings is 1. The summed E-state index contributed by atoms with van der Waals surface area (Å²) in [6.07, 6.45) is 3.37. The van der Waals surface area contributed by atoms with Crippen LogP contribution in [0.1, 0.15) is 26.7 Å².